The van der Waals surface area contributed by atoms with Crippen LogP contribution in [0.5, 0.6) is 0 Å². The normalized spacial score (nSPS) is 6.44. The zero-order chi connectivity index (χ0) is 4.50. The monoisotopic (exact) mass is 389 g/mol. The molecular weight excluding hydrogens is 383 g/mol. The van der Waals surface area contributed by atoms with E-state index in [-0.39, 0.29) is 138 Å². The summed E-state index contributed by atoms with van der Waals surface area (Å²) >= 11 is -5.25. The third-order valence-electron chi connectivity index (χ3n) is 0. The second-order valence-corrected chi connectivity index (χ2v) is 1.85. The van der Waals surface area contributed by atoms with Crippen molar-refractivity contribution in [1.82, 2.24) is 0 Å². The Morgan fingerprint density at radius 2 is 1.11 bits per heavy atom. The van der Waals surface area contributed by atoms with Gasteiger partial charge in [-0.25, -0.2) is 0 Å². The van der Waals surface area contributed by atoms with Crippen molar-refractivity contribution in [3.63, 3.8) is 0 Å². The summed E-state index contributed by atoms with van der Waals surface area (Å²) in [7, 11) is 0. The fourth-order valence-corrected chi connectivity index (χ4v) is 0. The zero-order valence-corrected chi connectivity index (χ0v) is 15.5. The Kier molecular flexibility index (Phi) is 48.6. The van der Waals surface area contributed by atoms with Gasteiger partial charge in [0.15, 0.2) is 0 Å². The molecule has 1 radical (unpaired) electrons. The predicted octanol–water partition coefficient (Wildman–Crippen LogP) is -1.67. The molecule has 0 saturated heterocycles. The number of rotatable bonds is 0. The molecule has 0 aliphatic heterocycles. The second kappa shape index (κ2) is 15.0. The van der Waals surface area contributed by atoms with E-state index in [9.17, 15) is 0 Å². The molecule has 4 nitrogen and oxygen atoms in total. The zero-order valence-electron chi connectivity index (χ0n) is 8.61. The Morgan fingerprint density at radius 3 is 1.11 bits per heavy atom. The van der Waals surface area contributed by atoms with Gasteiger partial charge in [0.2, 0.25) is 0 Å². The van der Waals surface area contributed by atoms with E-state index in [0.717, 1.165) is 0 Å². The molecule has 0 saturated carbocycles. The maximum Gasteiger partial charge on any atom is 0 e. The topological polar surface area (TPSA) is 74.6 Å². The van der Waals surface area contributed by atoms with Crippen LogP contribution in [0, 0.1) is 35.6 Å². The number of hydrogen-bond acceptors (Lipinski definition) is 2. The van der Waals surface area contributed by atoms with E-state index in [4.69, 9.17) is 15.9 Å². The molecule has 9 heavy (non-hydrogen) atoms. The smallest absolute Gasteiger partial charge is 0 e. The summed E-state index contributed by atoms with van der Waals surface area (Å²) in [5.41, 5.74) is 0. The second-order valence-electron chi connectivity index (χ2n) is 0.448. The molecule has 0 amide bonds. The minimum atomic E-state index is -5.25. The van der Waals surface area contributed by atoms with E-state index < -0.39 is 13.6 Å². The Labute approximate surface area is 164 Å². The standard InChI is InChI=1S/2Ca.Cr.La.2H2O.2O.Ti.4H/h;;;;2*1H2;;;;;;;/q3*+2;;;;;;;4*-1/p-2. The van der Waals surface area contributed by atoms with Crippen LogP contribution in [-0.2, 0) is 42.9 Å². The third kappa shape index (κ3) is 68.3. The number of hydrogen-bond donors (Lipinski definition) is 2. The minimum absolute atomic E-state index is 0. The average molecular weight is 389 g/mol. The van der Waals surface area contributed by atoms with Gasteiger partial charge >= 0.3 is 105 Å². The van der Waals surface area contributed by atoms with Crippen molar-refractivity contribution < 1.29 is 92.6 Å². The average Bonchev–Trinajstić information content (AvgIpc) is 0.722. The molecule has 9 heteroatoms. The van der Waals surface area contributed by atoms with Crippen molar-refractivity contribution >= 4 is 75.5 Å². The maximum absolute atomic E-state index is 8.82. The first kappa shape index (κ1) is 29.2. The molecule has 0 spiro atoms. The van der Waals surface area contributed by atoms with Crippen LogP contribution in [0.25, 0.3) is 0 Å². The first-order valence-electron chi connectivity index (χ1n) is 0.698. The summed E-state index contributed by atoms with van der Waals surface area (Å²) < 4.78 is 31.9. The van der Waals surface area contributed by atoms with Gasteiger partial charge in [-0.05, 0) is 0 Å². The van der Waals surface area contributed by atoms with Gasteiger partial charge in [-0.1, -0.05) is 0 Å². The predicted molar refractivity (Wildman–Crippen MR) is 21.8 cm³/mol. The van der Waals surface area contributed by atoms with Gasteiger partial charge in [0.1, 0.15) is 0 Å². The minimum Gasteiger partial charge on any atom is 0 e. The van der Waals surface area contributed by atoms with Crippen molar-refractivity contribution in [3.8, 4) is 0 Å². The molecule has 2 N–H and O–H groups in total. The summed E-state index contributed by atoms with van der Waals surface area (Å²) in [6, 6.07) is 0. The van der Waals surface area contributed by atoms with Gasteiger partial charge in [-0.3, -0.25) is 0 Å². The largest absolute Gasteiger partial charge is 0 e. The van der Waals surface area contributed by atoms with Crippen LogP contribution in [0.1, 0.15) is 5.71 Å². The van der Waals surface area contributed by atoms with Gasteiger partial charge in [0.05, 0.1) is 0 Å². The quantitative estimate of drug-likeness (QED) is 0.487. The Hall–Kier alpha value is 4.48. The Bertz CT molecular complexity index is 113. The van der Waals surface area contributed by atoms with Crippen LogP contribution in [0.2, 0.25) is 0 Å². The van der Waals surface area contributed by atoms with Crippen LogP contribution < -0.4 is 0 Å². The Morgan fingerprint density at radius 1 is 1.11 bits per heavy atom. The molecule has 0 rings (SSSR count). The van der Waals surface area contributed by atoms with E-state index >= 15 is 0 Å². The van der Waals surface area contributed by atoms with E-state index in [1.54, 1.807) is 0 Å². The molecule has 0 bridgehead atoms. The molecule has 0 aromatic rings. The van der Waals surface area contributed by atoms with Crippen molar-refractivity contribution in [2.75, 3.05) is 0 Å². The maximum atomic E-state index is 8.82. The van der Waals surface area contributed by atoms with E-state index in [0.29, 0.717) is 0 Å². The summed E-state index contributed by atoms with van der Waals surface area (Å²) in [5, 5.41) is 0. The van der Waals surface area contributed by atoms with Crippen molar-refractivity contribution in [2.24, 2.45) is 0 Å². The van der Waals surface area contributed by atoms with Gasteiger partial charge < -0.3 is 5.71 Å². The molecule has 47 valence electrons. The molecule has 0 unspecified atom stereocenters. The molecule has 0 atom stereocenters. The van der Waals surface area contributed by atoms with Crippen molar-refractivity contribution in [3.05, 3.63) is 0 Å². The van der Waals surface area contributed by atoms with E-state index in [1.165, 1.54) is 0 Å². The first-order valence-corrected chi connectivity index (χ1v) is 2.88. The van der Waals surface area contributed by atoms with E-state index in [2.05, 4.69) is 0 Å². The van der Waals surface area contributed by atoms with E-state index in [1.807, 2.05) is 0 Å². The van der Waals surface area contributed by atoms with Gasteiger partial charge in [-0.15, -0.1) is 0 Å². The van der Waals surface area contributed by atoms with Crippen LogP contribution in [0.3, 0.4) is 0 Å². The SMILES string of the molecule is [Ca+2].[Ca+2].[H-].[H-].[H-].[H-].[La].[O]=[Cr](=[O])([OH])[OH].[Ti]. The molecule has 0 aliphatic rings. The molecule has 0 heterocycles. The van der Waals surface area contributed by atoms with Gasteiger partial charge in [-0.2, -0.15) is 0 Å². The molecule has 0 aliphatic carbocycles. The van der Waals surface area contributed by atoms with Gasteiger partial charge in [0.25, 0.3) is 0 Å². The Balaban J connectivity index is -0.00000000286. The van der Waals surface area contributed by atoms with Crippen LogP contribution in [-0.4, -0.2) is 83.8 Å². The molecular formula is H6Ca2CrLaO4Ti. The summed E-state index contributed by atoms with van der Waals surface area (Å²) in [4.78, 5) is 0. The fourth-order valence-electron chi connectivity index (χ4n) is 0. The van der Waals surface area contributed by atoms with Gasteiger partial charge in [0, 0.05) is 57.3 Å². The van der Waals surface area contributed by atoms with Crippen LogP contribution in [0.15, 0.2) is 0 Å². The van der Waals surface area contributed by atoms with Crippen molar-refractivity contribution in [2.45, 2.75) is 0 Å². The molecule has 0 aromatic heterocycles. The first-order chi connectivity index (χ1) is 2.00. The molecule has 0 aromatic carbocycles. The third-order valence-corrected chi connectivity index (χ3v) is 0. The van der Waals surface area contributed by atoms with Crippen LogP contribution in [0.4, 0.5) is 0 Å². The summed E-state index contributed by atoms with van der Waals surface area (Å²) in [6.07, 6.45) is 0. The van der Waals surface area contributed by atoms with Crippen molar-refractivity contribution in [1.29, 1.82) is 0 Å². The molecule has 0 fully saturated rings. The summed E-state index contributed by atoms with van der Waals surface area (Å²) in [5.74, 6) is 0. The summed E-state index contributed by atoms with van der Waals surface area (Å²) in [6.45, 7) is 0. The van der Waals surface area contributed by atoms with Crippen LogP contribution >= 0.6 is 0 Å². The fraction of sp³-hybridized carbons (Fsp3) is 0.